The van der Waals surface area contributed by atoms with Crippen LogP contribution in [-0.4, -0.2) is 0 Å². The summed E-state index contributed by atoms with van der Waals surface area (Å²) in [6.07, 6.45) is 12.5. The van der Waals surface area contributed by atoms with Crippen molar-refractivity contribution < 1.29 is 0 Å². The maximum atomic E-state index is 4.56. The van der Waals surface area contributed by atoms with Gasteiger partial charge < -0.3 is 0 Å². The number of fused-ring (bicyclic) bond motifs is 4. The zero-order valence-electron chi connectivity index (χ0n) is 21.9. The van der Waals surface area contributed by atoms with E-state index in [2.05, 4.69) is 132 Å². The third-order valence-electron chi connectivity index (χ3n) is 7.41. The Morgan fingerprint density at radius 3 is 1.84 bits per heavy atom. The molecule has 0 aromatic heterocycles. The molecule has 0 atom stereocenters. The second-order valence-corrected chi connectivity index (χ2v) is 9.39. The number of benzene rings is 5. The van der Waals surface area contributed by atoms with Crippen LogP contribution in [0.2, 0.25) is 0 Å². The smallest absolute Gasteiger partial charge is 0.00299 e. The van der Waals surface area contributed by atoms with Gasteiger partial charge in [-0.3, -0.25) is 0 Å². The molecule has 0 aliphatic carbocycles. The Bertz CT molecular complexity index is 1890. The van der Waals surface area contributed by atoms with Gasteiger partial charge in [-0.25, -0.2) is 0 Å². The summed E-state index contributed by atoms with van der Waals surface area (Å²) >= 11 is 0. The normalized spacial score (nSPS) is 12.7. The minimum absolute atomic E-state index is 1.04. The highest BCUT2D eigenvalue weighted by atomic mass is 14.2. The fourth-order valence-corrected chi connectivity index (χ4v) is 5.68. The summed E-state index contributed by atoms with van der Waals surface area (Å²) in [6, 6.07) is 24.0. The van der Waals surface area contributed by atoms with Gasteiger partial charge in [0.05, 0.1) is 0 Å². The van der Waals surface area contributed by atoms with E-state index in [1.165, 1.54) is 49.0 Å². The Morgan fingerprint density at radius 1 is 0.649 bits per heavy atom. The van der Waals surface area contributed by atoms with E-state index < -0.39 is 0 Å². The van der Waals surface area contributed by atoms with Gasteiger partial charge in [-0.05, 0) is 103 Å². The Balaban J connectivity index is 1.98. The summed E-state index contributed by atoms with van der Waals surface area (Å²) < 4.78 is 0. The highest BCUT2D eigenvalue weighted by Gasteiger charge is 2.14. The lowest BCUT2D eigenvalue weighted by Gasteiger charge is -2.16. The second kappa shape index (κ2) is 9.91. The van der Waals surface area contributed by atoms with Gasteiger partial charge in [0.15, 0.2) is 0 Å². The number of allylic oxidation sites excluding steroid dienone is 3. The van der Waals surface area contributed by atoms with Crippen molar-refractivity contribution in [3.05, 3.63) is 136 Å². The van der Waals surface area contributed by atoms with E-state index in [1.807, 2.05) is 12.2 Å². The number of hydrogen-bond acceptors (Lipinski definition) is 0. The molecular formula is C37H32. The molecular weight excluding hydrogens is 444 g/mol. The molecule has 37 heavy (non-hydrogen) atoms. The molecule has 0 unspecified atom stereocenters. The second-order valence-electron chi connectivity index (χ2n) is 9.39. The predicted molar refractivity (Wildman–Crippen MR) is 167 cm³/mol. The minimum Gasteiger partial charge on any atom is -0.0984 e. The molecule has 0 heteroatoms. The van der Waals surface area contributed by atoms with Gasteiger partial charge in [0.25, 0.3) is 0 Å². The molecule has 5 aromatic carbocycles. The van der Waals surface area contributed by atoms with E-state index in [0.717, 1.165) is 27.1 Å². The molecule has 5 rings (SSSR count). The van der Waals surface area contributed by atoms with Crippen molar-refractivity contribution in [3.63, 3.8) is 0 Å². The van der Waals surface area contributed by atoms with Crippen LogP contribution in [0.15, 0.2) is 98.1 Å². The molecule has 0 saturated carbocycles. The molecule has 0 nitrogen and oxygen atoms in total. The zero-order chi connectivity index (χ0) is 26.1. The zero-order valence-corrected chi connectivity index (χ0v) is 21.9. The molecule has 0 radical (unpaired) electrons. The van der Waals surface area contributed by atoms with E-state index in [0.29, 0.717) is 0 Å². The molecule has 0 heterocycles. The first-order valence-electron chi connectivity index (χ1n) is 12.8. The van der Waals surface area contributed by atoms with Gasteiger partial charge in [-0.15, -0.1) is 0 Å². The predicted octanol–water partition coefficient (Wildman–Crippen LogP) is 8.96. The van der Waals surface area contributed by atoms with E-state index in [-0.39, 0.29) is 0 Å². The molecule has 180 valence electrons. The van der Waals surface area contributed by atoms with Crippen molar-refractivity contribution in [2.75, 3.05) is 0 Å². The Morgan fingerprint density at radius 2 is 1.22 bits per heavy atom. The molecule has 0 bridgehead atoms. The molecule has 0 aliphatic rings. The minimum atomic E-state index is 1.04. The summed E-state index contributed by atoms with van der Waals surface area (Å²) in [6.45, 7) is 19.3. The first-order chi connectivity index (χ1) is 18.0. The van der Waals surface area contributed by atoms with Gasteiger partial charge in [-0.1, -0.05) is 117 Å². The molecule has 5 aromatic rings. The first-order valence-corrected chi connectivity index (χ1v) is 12.8. The summed E-state index contributed by atoms with van der Waals surface area (Å²) in [4.78, 5) is 0. The molecule has 0 amide bonds. The van der Waals surface area contributed by atoms with Crippen molar-refractivity contribution in [2.24, 2.45) is 0 Å². The highest BCUT2D eigenvalue weighted by Crippen LogP contribution is 2.36. The van der Waals surface area contributed by atoms with E-state index in [1.54, 1.807) is 0 Å². The largest absolute Gasteiger partial charge is 0.0984 e. The Hall–Kier alpha value is -4.42. The summed E-state index contributed by atoms with van der Waals surface area (Å²) in [5.74, 6) is 0. The number of hydrogen-bond donors (Lipinski definition) is 0. The fourth-order valence-electron chi connectivity index (χ4n) is 5.68. The summed E-state index contributed by atoms with van der Waals surface area (Å²) in [5, 5.41) is 9.52. The third-order valence-corrected chi connectivity index (χ3v) is 7.41. The molecule has 0 N–H and O–H groups in total. The molecule has 0 saturated heterocycles. The van der Waals surface area contributed by atoms with Crippen LogP contribution in [0.4, 0.5) is 0 Å². The van der Waals surface area contributed by atoms with Crippen LogP contribution in [-0.2, 0) is 0 Å². The van der Waals surface area contributed by atoms with Crippen LogP contribution in [0, 0.1) is 6.92 Å². The SMILES string of the molecule is C=C/C(c1ccc2c(c1)c(/C=C\C)c(C=C)c1ccccc12)=c1\c(=C)c(C)c(/C=C\C)c2ccccc12. The monoisotopic (exact) mass is 476 g/mol. The number of rotatable bonds is 5. The Kier molecular flexibility index (Phi) is 6.51. The van der Waals surface area contributed by atoms with Gasteiger partial charge >= 0.3 is 0 Å². The molecule has 0 aliphatic heterocycles. The first kappa shape index (κ1) is 24.3. The van der Waals surface area contributed by atoms with E-state index >= 15 is 0 Å². The van der Waals surface area contributed by atoms with E-state index in [4.69, 9.17) is 0 Å². The van der Waals surface area contributed by atoms with Crippen LogP contribution in [0.3, 0.4) is 0 Å². The maximum absolute atomic E-state index is 4.56. The lowest BCUT2D eigenvalue weighted by Crippen LogP contribution is -2.30. The van der Waals surface area contributed by atoms with Crippen molar-refractivity contribution in [3.8, 4) is 0 Å². The van der Waals surface area contributed by atoms with Crippen LogP contribution < -0.4 is 10.4 Å². The third kappa shape index (κ3) is 3.86. The van der Waals surface area contributed by atoms with Crippen molar-refractivity contribution in [1.82, 2.24) is 0 Å². The average molecular weight is 477 g/mol. The standard InChI is InChI=1S/C37H32/c1-7-15-29-24(5)25(6)37(35-20-14-13-18-32(29)35)27(9-3)26-21-22-34-33-19-12-11-17-31(33)28(10-4)30(16-8-2)36(34)23-26/h7-23H,3-4,6H2,1-2,5H3/b15-7-,16-8-,37-27-. The van der Waals surface area contributed by atoms with Crippen LogP contribution >= 0.6 is 0 Å². The summed E-state index contributed by atoms with van der Waals surface area (Å²) in [5.41, 5.74) is 7.00. The van der Waals surface area contributed by atoms with Gasteiger partial charge in [-0.2, -0.15) is 0 Å². The quantitative estimate of drug-likeness (QED) is 0.222. The van der Waals surface area contributed by atoms with E-state index in [9.17, 15) is 0 Å². The average Bonchev–Trinajstić information content (AvgIpc) is 2.93. The topological polar surface area (TPSA) is 0 Å². The van der Waals surface area contributed by atoms with Crippen LogP contribution in [0.25, 0.3) is 62.7 Å². The molecule has 0 fully saturated rings. The highest BCUT2D eigenvalue weighted by molar-refractivity contribution is 6.15. The molecule has 0 spiro atoms. The van der Waals surface area contributed by atoms with Crippen molar-refractivity contribution >= 4 is 62.7 Å². The van der Waals surface area contributed by atoms with Crippen LogP contribution in [0.5, 0.6) is 0 Å². The van der Waals surface area contributed by atoms with Crippen LogP contribution in [0.1, 0.15) is 41.7 Å². The van der Waals surface area contributed by atoms with Gasteiger partial charge in [0, 0.05) is 0 Å². The lowest BCUT2D eigenvalue weighted by atomic mass is 9.88. The van der Waals surface area contributed by atoms with Gasteiger partial charge in [0.1, 0.15) is 0 Å². The summed E-state index contributed by atoms with van der Waals surface area (Å²) in [7, 11) is 0. The van der Waals surface area contributed by atoms with Crippen molar-refractivity contribution in [1.29, 1.82) is 0 Å². The van der Waals surface area contributed by atoms with Gasteiger partial charge in [0.2, 0.25) is 0 Å². The maximum Gasteiger partial charge on any atom is -0.00299 e. The van der Waals surface area contributed by atoms with Crippen molar-refractivity contribution in [2.45, 2.75) is 20.8 Å². The fraction of sp³-hybridized carbons (Fsp3) is 0.0811. The Labute approximate surface area is 219 Å². The lowest BCUT2D eigenvalue weighted by molar-refractivity contribution is 1.38.